The minimum absolute atomic E-state index is 0.0107. The van der Waals surface area contributed by atoms with Crippen LogP contribution in [0.2, 0.25) is 0 Å². The Morgan fingerprint density at radius 1 is 0.545 bits per heavy atom. The van der Waals surface area contributed by atoms with Crippen molar-refractivity contribution in [3.63, 3.8) is 0 Å². The number of carbonyl (C=O) groups excluding carboxylic acids is 4. The number of rotatable bonds is 31. The number of nitrogens with one attached hydrogen (secondary N) is 4. The average molecular weight is 1440 g/mol. The van der Waals surface area contributed by atoms with Gasteiger partial charge in [-0.15, -0.1) is 20.5 Å². The predicted octanol–water partition coefficient (Wildman–Crippen LogP) is 8.97. The van der Waals surface area contributed by atoms with E-state index in [1.165, 1.54) is 50.3 Å². The van der Waals surface area contributed by atoms with Crippen LogP contribution < -0.4 is 45.8 Å². The molecule has 2 aliphatic rings. The lowest BCUT2D eigenvalue weighted by Crippen LogP contribution is -2.36. The van der Waals surface area contributed by atoms with Crippen LogP contribution in [0.15, 0.2) is 126 Å². The van der Waals surface area contributed by atoms with Gasteiger partial charge in [0.05, 0.1) is 81.7 Å². The third-order valence-corrected chi connectivity index (χ3v) is 18.7. The molecule has 524 valence electrons. The minimum atomic E-state index is -4.61. The van der Waals surface area contributed by atoms with E-state index in [9.17, 15) is 55.3 Å². The van der Waals surface area contributed by atoms with Gasteiger partial charge in [-0.05, 0) is 126 Å². The highest BCUT2D eigenvalue weighted by Gasteiger charge is 2.27. The summed E-state index contributed by atoms with van der Waals surface area (Å²) in [6.07, 6.45) is 2.76. The number of azo groups is 2. The van der Waals surface area contributed by atoms with Crippen molar-refractivity contribution < 1.29 is 64.8 Å². The van der Waals surface area contributed by atoms with E-state index in [1.54, 1.807) is 17.0 Å². The second kappa shape index (κ2) is 33.8. The Labute approximate surface area is 578 Å². The number of carbonyl (C=O) groups is 4. The van der Waals surface area contributed by atoms with E-state index in [-0.39, 0.29) is 88.3 Å². The third-order valence-electron chi connectivity index (χ3n) is 15.3. The molecule has 0 atom stereocenters. The zero-order valence-electron chi connectivity index (χ0n) is 54.8. The average Bonchev–Trinajstić information content (AvgIpc) is 1.68. The number of ether oxygens (including phenoxy) is 2. The SMILES string of the molecule is CCN(CC)c1ccc(N=Nc2nc(N3CCOCC3)c(C=C(C(C)=O)C(=O)Nc3cccc(S(=O)(=O)O)c3)s2)c(Nc2nc(Nc3cc(N(CC)CC)ccc3N=Nc3nc(N4CCOCC4)c(C=C(C(C)=O)C(=O)Nc4cccc(S(=O)(=O)O)c4)s3)nc(N(CCO)CCO)n2)c1. The molecule has 32 nitrogen and oxygen atoms in total. The molecule has 2 fully saturated rings. The number of aliphatic hydroxyl groups excluding tert-OH is 2. The van der Waals surface area contributed by atoms with Gasteiger partial charge in [0.2, 0.25) is 28.1 Å². The molecule has 2 saturated heterocycles. The Kier molecular flexibility index (Phi) is 25.1. The van der Waals surface area contributed by atoms with Crippen molar-refractivity contribution >= 4 is 164 Å². The van der Waals surface area contributed by atoms with Gasteiger partial charge in [-0.1, -0.05) is 34.8 Å². The maximum absolute atomic E-state index is 13.8. The molecule has 4 aromatic carbocycles. The van der Waals surface area contributed by atoms with Crippen LogP contribution in [0.3, 0.4) is 0 Å². The first kappa shape index (κ1) is 73.6. The molecule has 0 radical (unpaired) electrons. The van der Waals surface area contributed by atoms with E-state index in [1.807, 2.05) is 61.8 Å². The molecule has 99 heavy (non-hydrogen) atoms. The summed E-state index contributed by atoms with van der Waals surface area (Å²) in [6, 6.07) is 20.8. The Hall–Kier alpha value is -9.63. The molecule has 7 aromatic rings. The summed E-state index contributed by atoms with van der Waals surface area (Å²) in [7, 11) is -9.22. The van der Waals surface area contributed by atoms with Crippen molar-refractivity contribution in [3.05, 3.63) is 106 Å². The first-order chi connectivity index (χ1) is 47.5. The second-order valence-corrected chi connectivity index (χ2v) is 26.7. The van der Waals surface area contributed by atoms with Gasteiger partial charge in [-0.2, -0.15) is 41.8 Å². The number of amides is 2. The van der Waals surface area contributed by atoms with E-state index in [2.05, 4.69) is 41.3 Å². The molecule has 0 spiro atoms. The fraction of sp³-hybridized carbons (Fsp3) is 0.349. The maximum atomic E-state index is 13.8. The molecule has 0 saturated carbocycles. The van der Waals surface area contributed by atoms with Crippen LogP contribution in [-0.4, -0.2) is 190 Å². The van der Waals surface area contributed by atoms with Crippen LogP contribution in [0.1, 0.15) is 51.3 Å². The normalized spacial score (nSPS) is 14.0. The largest absolute Gasteiger partial charge is 0.395 e. The fourth-order valence-corrected chi connectivity index (χ4v) is 13.0. The van der Waals surface area contributed by atoms with Crippen molar-refractivity contribution in [2.45, 2.75) is 51.3 Å². The van der Waals surface area contributed by atoms with Crippen molar-refractivity contribution in [2.24, 2.45) is 20.5 Å². The number of benzene rings is 4. The number of thiazole rings is 2. The number of nitrogens with zero attached hydrogens (tertiary/aromatic N) is 14. The van der Waals surface area contributed by atoms with E-state index in [0.717, 1.165) is 58.3 Å². The van der Waals surface area contributed by atoms with Crippen LogP contribution >= 0.6 is 22.7 Å². The molecule has 8 N–H and O–H groups in total. The number of Topliss-reactive ketones (excluding diaryl/α,β-unsaturated/α-hetero) is 2. The first-order valence-electron chi connectivity index (χ1n) is 31.3. The van der Waals surface area contributed by atoms with Crippen molar-refractivity contribution in [2.75, 3.05) is 151 Å². The van der Waals surface area contributed by atoms with Gasteiger partial charge in [-0.3, -0.25) is 28.3 Å². The fourth-order valence-electron chi connectivity index (χ4n) is 10.3. The van der Waals surface area contributed by atoms with E-state index in [4.69, 9.17) is 44.6 Å². The Balaban J connectivity index is 1.09. The molecule has 2 amide bonds. The van der Waals surface area contributed by atoms with Crippen LogP contribution in [0.5, 0.6) is 0 Å². The molecule has 3 aromatic heterocycles. The molecule has 36 heteroatoms. The van der Waals surface area contributed by atoms with Crippen LogP contribution in [0.25, 0.3) is 12.2 Å². The monoisotopic (exact) mass is 1430 g/mol. The standard InChI is InChI=1S/C63H74N18O14S4/c1-7-77(8-2)43-17-19-49(73-75-62-68-55(79-23-29-94-30-24-79)53(96-62)37-47(39(5)84)57(86)64-41-13-11-15-45(33-41)98(88,89)90)51(35-43)66-59-70-60(72-61(71-59)81(21-27-82)22-28-83)67-52-36-44(78(9-3)10-4)18-20-50(52)74-76-63-69-56(80-25-31-95-32-26-80)54(97-63)38-48(40(6)85)58(87)65-42-14-12-16-46(34-42)99(91,92)93/h11-20,33-38,82-83H,7-10,21-32H2,1-6H3,(H,64,86)(H,65,87)(H,88,89,90)(H,91,92,93)(H2,66,67,70,71,72). The predicted molar refractivity (Wildman–Crippen MR) is 379 cm³/mol. The number of morpholine rings is 2. The van der Waals surface area contributed by atoms with Crippen LogP contribution in [-0.2, 0) is 48.9 Å². The Morgan fingerprint density at radius 2 is 0.939 bits per heavy atom. The lowest BCUT2D eigenvalue weighted by atomic mass is 10.1. The van der Waals surface area contributed by atoms with Gasteiger partial charge in [0, 0.05) is 88.2 Å². The number of hydrogen-bond donors (Lipinski definition) is 8. The Morgan fingerprint density at radius 3 is 1.29 bits per heavy atom. The smallest absolute Gasteiger partial charge is 0.294 e. The van der Waals surface area contributed by atoms with Gasteiger partial charge in [-0.25, -0.2) is 0 Å². The number of aliphatic hydroxyl groups is 2. The van der Waals surface area contributed by atoms with Gasteiger partial charge < -0.3 is 65.5 Å². The summed E-state index contributed by atoms with van der Waals surface area (Å²) in [5.74, 6) is -2.10. The molecule has 5 heterocycles. The lowest BCUT2D eigenvalue weighted by Gasteiger charge is -2.27. The van der Waals surface area contributed by atoms with Gasteiger partial charge in [0.25, 0.3) is 32.1 Å². The minimum Gasteiger partial charge on any atom is -0.395 e. The van der Waals surface area contributed by atoms with Crippen molar-refractivity contribution in [1.82, 2.24) is 24.9 Å². The first-order valence-corrected chi connectivity index (χ1v) is 35.8. The number of anilines is 11. The lowest BCUT2D eigenvalue weighted by molar-refractivity contribution is -0.120. The summed E-state index contributed by atoms with van der Waals surface area (Å²) >= 11 is 2.10. The highest BCUT2D eigenvalue weighted by Crippen LogP contribution is 2.41. The zero-order chi connectivity index (χ0) is 71.0. The molecule has 0 bridgehead atoms. The second-order valence-electron chi connectivity index (χ2n) is 21.8. The highest BCUT2D eigenvalue weighted by molar-refractivity contribution is 7.86. The molecular formula is C63H74N18O14S4. The Bertz CT molecular complexity index is 4180. The third kappa shape index (κ3) is 19.4. The molecular weight excluding hydrogens is 1360 g/mol. The number of hydrogen-bond acceptors (Lipinski definition) is 30. The van der Waals surface area contributed by atoms with E-state index in [0.29, 0.717) is 112 Å². The van der Waals surface area contributed by atoms with Crippen molar-refractivity contribution in [3.8, 4) is 0 Å². The van der Waals surface area contributed by atoms with Crippen molar-refractivity contribution in [1.29, 1.82) is 0 Å². The van der Waals surface area contributed by atoms with Crippen LogP contribution in [0.4, 0.5) is 85.2 Å². The molecule has 0 unspecified atom stereocenters. The summed E-state index contributed by atoms with van der Waals surface area (Å²) in [5.41, 5.74) is 2.36. The van der Waals surface area contributed by atoms with E-state index < -0.39 is 53.4 Å². The number of aromatic nitrogens is 5. The molecule has 0 aliphatic carbocycles. The summed E-state index contributed by atoms with van der Waals surface area (Å²) in [5, 5.41) is 51.2. The molecule has 2 aliphatic heterocycles. The highest BCUT2D eigenvalue weighted by atomic mass is 32.2. The topological polar surface area (TPSA) is 414 Å². The van der Waals surface area contributed by atoms with Gasteiger partial charge in [0.1, 0.15) is 23.0 Å². The van der Waals surface area contributed by atoms with Crippen LogP contribution in [0, 0.1) is 0 Å². The van der Waals surface area contributed by atoms with E-state index >= 15 is 0 Å². The summed E-state index contributed by atoms with van der Waals surface area (Å²) in [4.78, 5) is 87.6. The summed E-state index contributed by atoms with van der Waals surface area (Å²) < 4.78 is 78.1. The zero-order valence-corrected chi connectivity index (χ0v) is 58.1. The van der Waals surface area contributed by atoms with Gasteiger partial charge >= 0.3 is 0 Å². The van der Waals surface area contributed by atoms with Gasteiger partial charge in [0.15, 0.2) is 11.6 Å². The molecule has 9 rings (SSSR count). The number of ketones is 2. The summed E-state index contributed by atoms with van der Waals surface area (Å²) in [6.45, 7) is 15.5. The quantitative estimate of drug-likeness (QED) is 0.00660. The maximum Gasteiger partial charge on any atom is 0.294 e.